The molecule has 4 heteroatoms. The largest absolute Gasteiger partial charge is 0.309 e. The number of nitrogens with zero attached hydrogens (tertiary/aromatic N) is 4. The molecule has 4 heterocycles. The van der Waals surface area contributed by atoms with Crippen LogP contribution >= 0.6 is 0 Å². The third-order valence-electron chi connectivity index (χ3n) is 9.96. The Labute approximate surface area is 295 Å². The Morgan fingerprint density at radius 2 is 1.06 bits per heavy atom. The van der Waals surface area contributed by atoms with Crippen LogP contribution in [-0.4, -0.2) is 19.5 Å². The van der Waals surface area contributed by atoms with Gasteiger partial charge in [-0.1, -0.05) is 97.1 Å². The van der Waals surface area contributed by atoms with Gasteiger partial charge in [0.05, 0.1) is 22.4 Å². The molecule has 10 aromatic rings. The highest BCUT2D eigenvalue weighted by atomic mass is 15.0. The standard InChI is InChI=1S/C47H30N4/c1-2-11-37(12-3-1)51-46-21-20-33(25-42(46)43-30-49-24-22-47(43)51)31-16-18-32(19-17-31)36-27-44(35-10-8-23-48-29-35)50-45(28-36)41-26-34-9-4-5-13-38(34)39-14-6-7-15-40(39)41/h1-30H. The van der Waals surface area contributed by atoms with Gasteiger partial charge in [-0.15, -0.1) is 0 Å². The first kappa shape index (κ1) is 29.0. The Morgan fingerprint density at radius 3 is 1.88 bits per heavy atom. The molecule has 238 valence electrons. The van der Waals surface area contributed by atoms with Crippen LogP contribution in [0.3, 0.4) is 0 Å². The maximum Gasteiger partial charge on any atom is 0.0731 e. The first-order chi connectivity index (χ1) is 25.3. The Balaban J connectivity index is 1.10. The monoisotopic (exact) mass is 650 g/mol. The predicted molar refractivity (Wildman–Crippen MR) is 211 cm³/mol. The Hall–Kier alpha value is -6.91. The molecule has 0 aliphatic heterocycles. The average molecular weight is 651 g/mol. The molecule has 4 aromatic heterocycles. The number of para-hydroxylation sites is 1. The summed E-state index contributed by atoms with van der Waals surface area (Å²) in [6.07, 6.45) is 7.53. The van der Waals surface area contributed by atoms with Crippen LogP contribution in [0.1, 0.15) is 0 Å². The summed E-state index contributed by atoms with van der Waals surface area (Å²) in [6.45, 7) is 0. The summed E-state index contributed by atoms with van der Waals surface area (Å²) < 4.78 is 2.32. The zero-order valence-corrected chi connectivity index (χ0v) is 27.6. The van der Waals surface area contributed by atoms with Crippen LogP contribution in [-0.2, 0) is 0 Å². The minimum Gasteiger partial charge on any atom is -0.309 e. The van der Waals surface area contributed by atoms with Crippen LogP contribution in [0.15, 0.2) is 183 Å². The highest BCUT2D eigenvalue weighted by molar-refractivity contribution is 6.14. The molecule has 0 saturated carbocycles. The molecule has 10 rings (SSSR count). The number of benzene rings is 6. The lowest BCUT2D eigenvalue weighted by molar-refractivity contribution is 1.17. The maximum atomic E-state index is 5.25. The van der Waals surface area contributed by atoms with E-state index in [1.807, 2.05) is 24.7 Å². The summed E-state index contributed by atoms with van der Waals surface area (Å²) in [5.41, 5.74) is 11.9. The molecule has 0 bridgehead atoms. The van der Waals surface area contributed by atoms with E-state index in [1.165, 1.54) is 32.5 Å². The van der Waals surface area contributed by atoms with Gasteiger partial charge in [0.2, 0.25) is 0 Å². The molecule has 0 atom stereocenters. The highest BCUT2D eigenvalue weighted by Gasteiger charge is 2.16. The fourth-order valence-corrected chi connectivity index (χ4v) is 7.52. The molecule has 0 saturated heterocycles. The number of fused-ring (bicyclic) bond motifs is 6. The normalized spacial score (nSPS) is 11.5. The van der Waals surface area contributed by atoms with Gasteiger partial charge >= 0.3 is 0 Å². The first-order valence-electron chi connectivity index (χ1n) is 17.2. The van der Waals surface area contributed by atoms with Crippen LogP contribution in [0.5, 0.6) is 0 Å². The van der Waals surface area contributed by atoms with Crippen LogP contribution in [0.2, 0.25) is 0 Å². The molecule has 0 fully saturated rings. The van der Waals surface area contributed by atoms with Gasteiger partial charge < -0.3 is 4.57 Å². The topological polar surface area (TPSA) is 43.6 Å². The molecule has 4 nitrogen and oxygen atoms in total. The second kappa shape index (κ2) is 11.9. The fourth-order valence-electron chi connectivity index (χ4n) is 7.52. The summed E-state index contributed by atoms with van der Waals surface area (Å²) in [4.78, 5) is 14.2. The average Bonchev–Trinajstić information content (AvgIpc) is 3.55. The maximum absolute atomic E-state index is 5.25. The molecule has 0 radical (unpaired) electrons. The molecule has 0 aliphatic rings. The molecule has 51 heavy (non-hydrogen) atoms. The first-order valence-corrected chi connectivity index (χ1v) is 17.2. The van der Waals surface area contributed by atoms with Crippen molar-refractivity contribution in [3.8, 4) is 50.5 Å². The van der Waals surface area contributed by atoms with Crippen molar-refractivity contribution in [2.45, 2.75) is 0 Å². The van der Waals surface area contributed by atoms with E-state index in [2.05, 4.69) is 166 Å². The van der Waals surface area contributed by atoms with Crippen LogP contribution in [0.25, 0.3) is 93.8 Å². The van der Waals surface area contributed by atoms with E-state index >= 15 is 0 Å². The zero-order valence-electron chi connectivity index (χ0n) is 27.6. The van der Waals surface area contributed by atoms with Crippen molar-refractivity contribution in [1.82, 2.24) is 19.5 Å². The SMILES string of the molecule is c1ccc(-n2c3ccncc3c3cc(-c4ccc(-c5cc(-c6cccnc6)nc(-c6cc7ccccc7c7ccccc67)c5)cc4)ccc32)cc1. The van der Waals surface area contributed by atoms with Gasteiger partial charge in [-0.05, 0) is 104 Å². The van der Waals surface area contributed by atoms with Gasteiger partial charge in [-0.3, -0.25) is 9.97 Å². The van der Waals surface area contributed by atoms with Gasteiger partial charge in [-0.2, -0.15) is 0 Å². The summed E-state index contributed by atoms with van der Waals surface area (Å²) in [5.74, 6) is 0. The summed E-state index contributed by atoms with van der Waals surface area (Å²) in [5, 5.41) is 7.19. The molecular weight excluding hydrogens is 621 g/mol. The molecular formula is C47H30N4. The smallest absolute Gasteiger partial charge is 0.0731 e. The van der Waals surface area contributed by atoms with E-state index in [1.54, 1.807) is 6.20 Å². The van der Waals surface area contributed by atoms with Crippen molar-refractivity contribution >= 4 is 43.4 Å². The van der Waals surface area contributed by atoms with Crippen LogP contribution < -0.4 is 0 Å². The minimum atomic E-state index is 0.894. The highest BCUT2D eigenvalue weighted by Crippen LogP contribution is 2.38. The predicted octanol–water partition coefficient (Wildman–Crippen LogP) is 11.9. The Kier molecular flexibility index (Phi) is 6.78. The van der Waals surface area contributed by atoms with E-state index in [0.717, 1.165) is 61.3 Å². The van der Waals surface area contributed by atoms with E-state index in [9.17, 15) is 0 Å². The molecule has 0 aliphatic carbocycles. The van der Waals surface area contributed by atoms with Gasteiger partial charge in [0, 0.05) is 52.4 Å². The van der Waals surface area contributed by atoms with E-state index < -0.39 is 0 Å². The number of hydrogen-bond acceptors (Lipinski definition) is 3. The molecule has 0 amide bonds. The molecule has 6 aromatic carbocycles. The summed E-state index contributed by atoms with van der Waals surface area (Å²) >= 11 is 0. The van der Waals surface area contributed by atoms with Crippen molar-refractivity contribution in [2.24, 2.45) is 0 Å². The summed E-state index contributed by atoms with van der Waals surface area (Å²) in [7, 11) is 0. The van der Waals surface area contributed by atoms with E-state index in [-0.39, 0.29) is 0 Å². The lowest BCUT2D eigenvalue weighted by Crippen LogP contribution is -1.93. The molecule has 0 unspecified atom stereocenters. The van der Waals surface area contributed by atoms with Crippen molar-refractivity contribution in [2.75, 3.05) is 0 Å². The van der Waals surface area contributed by atoms with E-state index in [0.29, 0.717) is 0 Å². The summed E-state index contributed by atoms with van der Waals surface area (Å²) in [6, 6.07) is 56.2. The number of rotatable bonds is 5. The zero-order chi connectivity index (χ0) is 33.7. The minimum absolute atomic E-state index is 0.894. The van der Waals surface area contributed by atoms with Crippen molar-refractivity contribution in [1.29, 1.82) is 0 Å². The second-order valence-corrected chi connectivity index (χ2v) is 12.9. The lowest BCUT2D eigenvalue weighted by atomic mass is 9.93. The van der Waals surface area contributed by atoms with Gasteiger partial charge in [0.1, 0.15) is 0 Å². The van der Waals surface area contributed by atoms with Crippen molar-refractivity contribution in [3.05, 3.63) is 183 Å². The number of pyridine rings is 3. The van der Waals surface area contributed by atoms with Gasteiger partial charge in [-0.25, -0.2) is 4.98 Å². The quantitative estimate of drug-likeness (QED) is 0.174. The third kappa shape index (κ3) is 4.96. The Morgan fingerprint density at radius 1 is 0.373 bits per heavy atom. The molecule has 0 N–H and O–H groups in total. The van der Waals surface area contributed by atoms with Gasteiger partial charge in [0.25, 0.3) is 0 Å². The van der Waals surface area contributed by atoms with E-state index in [4.69, 9.17) is 4.98 Å². The van der Waals surface area contributed by atoms with Gasteiger partial charge in [0.15, 0.2) is 0 Å². The second-order valence-electron chi connectivity index (χ2n) is 12.9. The van der Waals surface area contributed by atoms with Crippen molar-refractivity contribution < 1.29 is 0 Å². The van der Waals surface area contributed by atoms with Crippen molar-refractivity contribution in [3.63, 3.8) is 0 Å². The molecule has 0 spiro atoms. The Bertz CT molecular complexity index is 2890. The van der Waals surface area contributed by atoms with Crippen LogP contribution in [0, 0.1) is 0 Å². The number of hydrogen-bond donors (Lipinski definition) is 0. The lowest BCUT2D eigenvalue weighted by Gasteiger charge is -2.14. The fraction of sp³-hybridized carbons (Fsp3) is 0. The number of aromatic nitrogens is 4. The van der Waals surface area contributed by atoms with Crippen LogP contribution in [0.4, 0.5) is 0 Å². The third-order valence-corrected chi connectivity index (χ3v) is 9.96.